The maximum atomic E-state index is 12.9. The Morgan fingerprint density at radius 2 is 2.13 bits per heavy atom. The Bertz CT molecular complexity index is 924. The summed E-state index contributed by atoms with van der Waals surface area (Å²) in [6.45, 7) is 9.95. The van der Waals surface area contributed by atoms with Gasteiger partial charge in [-0.3, -0.25) is 20.1 Å². The molecular formula is C22H27ClN6O. The molecule has 1 aromatic heterocycles. The molecule has 1 aromatic carbocycles. The van der Waals surface area contributed by atoms with Gasteiger partial charge in [0, 0.05) is 25.2 Å². The van der Waals surface area contributed by atoms with Crippen LogP contribution >= 0.6 is 11.6 Å². The minimum atomic E-state index is -0.259. The van der Waals surface area contributed by atoms with Crippen molar-refractivity contribution in [2.75, 3.05) is 24.6 Å². The van der Waals surface area contributed by atoms with Crippen LogP contribution in [0.15, 0.2) is 30.5 Å². The largest absolute Gasteiger partial charge is 0.299 e. The third-order valence-electron chi connectivity index (χ3n) is 5.00. The molecule has 2 aromatic rings. The molecule has 0 aliphatic carbocycles. The van der Waals surface area contributed by atoms with Gasteiger partial charge in [-0.2, -0.15) is 10.2 Å². The first-order valence-electron chi connectivity index (χ1n) is 10.2. The summed E-state index contributed by atoms with van der Waals surface area (Å²) in [4.78, 5) is 23.3. The zero-order valence-corrected chi connectivity index (χ0v) is 18.4. The van der Waals surface area contributed by atoms with Gasteiger partial charge in [0.1, 0.15) is 11.1 Å². The number of nitrogens with one attached hydrogen (secondary N) is 1. The number of rotatable bonds is 7. The van der Waals surface area contributed by atoms with Crippen LogP contribution in [-0.2, 0) is 6.54 Å². The molecule has 0 spiro atoms. The van der Waals surface area contributed by atoms with Crippen LogP contribution in [0.1, 0.15) is 48.9 Å². The molecule has 0 radical (unpaired) electrons. The molecule has 0 bridgehead atoms. The molecule has 1 amide bonds. The zero-order valence-electron chi connectivity index (χ0n) is 17.6. The molecule has 7 nitrogen and oxygen atoms in total. The van der Waals surface area contributed by atoms with E-state index in [0.29, 0.717) is 17.9 Å². The van der Waals surface area contributed by atoms with Gasteiger partial charge in [-0.15, -0.1) is 0 Å². The topological polar surface area (TPSA) is 85.2 Å². The van der Waals surface area contributed by atoms with Crippen LogP contribution in [0.2, 0.25) is 5.02 Å². The van der Waals surface area contributed by atoms with Gasteiger partial charge < -0.3 is 0 Å². The average molecular weight is 427 g/mol. The van der Waals surface area contributed by atoms with Gasteiger partial charge in [-0.1, -0.05) is 44.5 Å². The molecule has 1 atom stereocenters. The van der Waals surface area contributed by atoms with E-state index in [4.69, 9.17) is 16.9 Å². The first-order valence-corrected chi connectivity index (χ1v) is 10.6. The number of anilines is 1. The van der Waals surface area contributed by atoms with Crippen molar-refractivity contribution in [1.29, 1.82) is 5.26 Å². The lowest BCUT2D eigenvalue weighted by Crippen LogP contribution is -2.45. The highest BCUT2D eigenvalue weighted by atomic mass is 35.5. The monoisotopic (exact) mass is 426 g/mol. The predicted molar refractivity (Wildman–Crippen MR) is 117 cm³/mol. The van der Waals surface area contributed by atoms with Crippen LogP contribution < -0.4 is 10.4 Å². The van der Waals surface area contributed by atoms with Crippen molar-refractivity contribution >= 4 is 23.3 Å². The van der Waals surface area contributed by atoms with Gasteiger partial charge in [-0.05, 0) is 42.5 Å². The van der Waals surface area contributed by atoms with E-state index in [1.165, 1.54) is 18.2 Å². The number of nitrogens with zero attached hydrogens (tertiary/aromatic N) is 5. The fraction of sp³-hybridized carbons (Fsp3) is 0.455. The molecule has 0 saturated carbocycles. The second-order valence-electron chi connectivity index (χ2n) is 8.25. The molecular weight excluding hydrogens is 400 g/mol. The van der Waals surface area contributed by atoms with Crippen LogP contribution in [0.4, 0.5) is 5.82 Å². The summed E-state index contributed by atoms with van der Waals surface area (Å²) in [5.74, 6) is 1.03. The van der Waals surface area contributed by atoms with Gasteiger partial charge in [0.15, 0.2) is 5.82 Å². The highest BCUT2D eigenvalue weighted by Crippen LogP contribution is 2.22. The van der Waals surface area contributed by atoms with E-state index < -0.39 is 0 Å². The summed E-state index contributed by atoms with van der Waals surface area (Å²) in [5.41, 5.74) is 4.61. The SMILES string of the molecule is CC(C)CN(NC(=O)c1ccc(CN2CCC(C)C2)cc1)c1nc(C#N)ncc1Cl. The second kappa shape index (κ2) is 9.88. The third-order valence-corrected chi connectivity index (χ3v) is 5.26. The Morgan fingerprint density at radius 1 is 1.40 bits per heavy atom. The molecule has 158 valence electrons. The molecule has 1 saturated heterocycles. The van der Waals surface area contributed by atoms with Crippen LogP contribution in [0.3, 0.4) is 0 Å². The maximum absolute atomic E-state index is 12.9. The number of carbonyl (C=O) groups excluding carboxylic acids is 1. The third kappa shape index (κ3) is 5.68. The van der Waals surface area contributed by atoms with E-state index in [-0.39, 0.29) is 22.7 Å². The predicted octanol–water partition coefficient (Wildman–Crippen LogP) is 3.65. The van der Waals surface area contributed by atoms with Crippen molar-refractivity contribution in [3.63, 3.8) is 0 Å². The number of amides is 1. The summed E-state index contributed by atoms with van der Waals surface area (Å²) < 4.78 is 0. The lowest BCUT2D eigenvalue weighted by Gasteiger charge is -2.26. The molecule has 3 rings (SSSR count). The standard InChI is InChI=1S/C22H27ClN6O/c1-15(2)12-29(21-19(23)11-25-20(10-24)26-21)27-22(30)18-6-4-17(5-7-18)14-28-9-8-16(3)13-28/h4-7,11,15-16H,8-9,12-14H2,1-3H3,(H,27,30). The minimum Gasteiger partial charge on any atom is -0.299 e. The van der Waals surface area contributed by atoms with Crippen molar-refractivity contribution in [2.45, 2.75) is 33.7 Å². The summed E-state index contributed by atoms with van der Waals surface area (Å²) in [5, 5.41) is 10.9. The van der Waals surface area contributed by atoms with Gasteiger partial charge in [0.25, 0.3) is 5.91 Å². The fourth-order valence-corrected chi connectivity index (χ4v) is 3.72. The molecule has 1 fully saturated rings. The number of halogens is 1. The molecule has 1 aliphatic heterocycles. The molecule has 30 heavy (non-hydrogen) atoms. The molecule has 1 unspecified atom stereocenters. The molecule has 1 aliphatic rings. The van der Waals surface area contributed by atoms with Crippen molar-refractivity contribution in [1.82, 2.24) is 20.3 Å². The number of nitriles is 1. The Morgan fingerprint density at radius 3 is 2.73 bits per heavy atom. The molecule has 8 heteroatoms. The Balaban J connectivity index is 1.72. The summed E-state index contributed by atoms with van der Waals surface area (Å²) in [7, 11) is 0. The number of hydrogen-bond acceptors (Lipinski definition) is 6. The zero-order chi connectivity index (χ0) is 21.7. The van der Waals surface area contributed by atoms with Gasteiger partial charge >= 0.3 is 0 Å². The summed E-state index contributed by atoms with van der Waals surface area (Å²) in [6.07, 6.45) is 2.61. The Kier molecular flexibility index (Phi) is 7.24. The van der Waals surface area contributed by atoms with Crippen molar-refractivity contribution in [3.05, 3.63) is 52.4 Å². The number of hydrogen-bond donors (Lipinski definition) is 1. The van der Waals surface area contributed by atoms with E-state index >= 15 is 0 Å². The molecule has 2 heterocycles. The van der Waals surface area contributed by atoms with E-state index in [2.05, 4.69) is 27.2 Å². The van der Waals surface area contributed by atoms with Crippen LogP contribution in [0, 0.1) is 23.2 Å². The minimum absolute atomic E-state index is 0.00186. The fourth-order valence-electron chi connectivity index (χ4n) is 3.53. The van der Waals surface area contributed by atoms with Crippen LogP contribution in [0.5, 0.6) is 0 Å². The van der Waals surface area contributed by atoms with Gasteiger partial charge in [0.05, 0.1) is 6.20 Å². The molecule has 1 N–H and O–H groups in total. The Labute approximate surface area is 182 Å². The smallest absolute Gasteiger partial charge is 0.269 e. The number of aromatic nitrogens is 2. The average Bonchev–Trinajstić information content (AvgIpc) is 3.12. The Hall–Kier alpha value is -2.69. The number of likely N-dealkylation sites (tertiary alicyclic amines) is 1. The van der Waals surface area contributed by atoms with Crippen molar-refractivity contribution in [2.24, 2.45) is 11.8 Å². The number of hydrazine groups is 1. The van der Waals surface area contributed by atoms with Crippen LogP contribution in [0.25, 0.3) is 0 Å². The quantitative estimate of drug-likeness (QED) is 0.680. The number of carbonyl (C=O) groups is 1. The normalized spacial score (nSPS) is 16.5. The number of benzene rings is 1. The van der Waals surface area contributed by atoms with Crippen LogP contribution in [-0.4, -0.2) is 40.4 Å². The van der Waals surface area contributed by atoms with E-state index in [9.17, 15) is 4.79 Å². The van der Waals surface area contributed by atoms with E-state index in [0.717, 1.165) is 25.6 Å². The lowest BCUT2D eigenvalue weighted by molar-refractivity contribution is 0.0947. The van der Waals surface area contributed by atoms with Crippen molar-refractivity contribution < 1.29 is 4.79 Å². The maximum Gasteiger partial charge on any atom is 0.269 e. The summed E-state index contributed by atoms with van der Waals surface area (Å²) in [6, 6.07) is 9.56. The first-order chi connectivity index (χ1) is 14.4. The van der Waals surface area contributed by atoms with E-state index in [1.54, 1.807) is 5.01 Å². The highest BCUT2D eigenvalue weighted by molar-refractivity contribution is 6.32. The second-order valence-corrected chi connectivity index (χ2v) is 8.66. The van der Waals surface area contributed by atoms with Gasteiger partial charge in [0.2, 0.25) is 5.82 Å². The van der Waals surface area contributed by atoms with Gasteiger partial charge in [-0.25, -0.2) is 4.98 Å². The van der Waals surface area contributed by atoms with Crippen molar-refractivity contribution in [3.8, 4) is 6.07 Å². The summed E-state index contributed by atoms with van der Waals surface area (Å²) >= 11 is 6.24. The van der Waals surface area contributed by atoms with E-state index in [1.807, 2.05) is 44.2 Å². The first kappa shape index (κ1) is 22.0. The lowest BCUT2D eigenvalue weighted by atomic mass is 10.1. The highest BCUT2D eigenvalue weighted by Gasteiger charge is 2.20.